The zero-order chi connectivity index (χ0) is 11.5. The largest absolute Gasteiger partial charge is 0.324 e. The average Bonchev–Trinajstić information content (AvgIpc) is 3.04. The van der Waals surface area contributed by atoms with E-state index in [2.05, 4.69) is 31.7 Å². The smallest absolute Gasteiger partial charge is 0.210 e. The highest BCUT2D eigenvalue weighted by atomic mass is 79.9. The predicted octanol–water partition coefficient (Wildman–Crippen LogP) is 1.98. The Morgan fingerprint density at radius 2 is 2.25 bits per heavy atom. The van der Waals surface area contributed by atoms with Crippen molar-refractivity contribution < 1.29 is 4.39 Å². The van der Waals surface area contributed by atoms with Gasteiger partial charge in [0.15, 0.2) is 0 Å². The van der Waals surface area contributed by atoms with Gasteiger partial charge in [0.05, 0.1) is 11.7 Å². The van der Waals surface area contributed by atoms with Crippen molar-refractivity contribution in [2.24, 2.45) is 10.8 Å². The number of hydrazine groups is 1. The van der Waals surface area contributed by atoms with E-state index < -0.39 is 0 Å². The highest BCUT2D eigenvalue weighted by Gasteiger charge is 2.21. The Labute approximate surface area is 101 Å². The molecule has 0 bridgehead atoms. The second-order valence-electron chi connectivity index (χ2n) is 3.60. The van der Waals surface area contributed by atoms with E-state index in [4.69, 9.17) is 5.84 Å². The molecule has 4 N–H and O–H groups in total. The molecule has 0 atom stereocenters. The maximum absolute atomic E-state index is 12.9. The van der Waals surface area contributed by atoms with E-state index in [1.54, 1.807) is 6.07 Å². The van der Waals surface area contributed by atoms with E-state index in [1.807, 2.05) is 0 Å². The number of guanidine groups is 1. The summed E-state index contributed by atoms with van der Waals surface area (Å²) in [5.41, 5.74) is 3.21. The van der Waals surface area contributed by atoms with E-state index >= 15 is 0 Å². The normalized spacial score (nSPS) is 16.1. The summed E-state index contributed by atoms with van der Waals surface area (Å²) in [5.74, 6) is 5.55. The number of aliphatic imine (C=N–C) groups is 1. The van der Waals surface area contributed by atoms with Gasteiger partial charge in [-0.1, -0.05) is 0 Å². The summed E-state index contributed by atoms with van der Waals surface area (Å²) in [5, 5.41) is 3.00. The molecule has 0 amide bonds. The highest BCUT2D eigenvalue weighted by Crippen LogP contribution is 2.25. The number of nitrogens with one attached hydrogen (secondary N) is 2. The van der Waals surface area contributed by atoms with Gasteiger partial charge in [-0.05, 0) is 47.0 Å². The number of nitrogens with zero attached hydrogens (tertiary/aromatic N) is 1. The maximum Gasteiger partial charge on any atom is 0.210 e. The lowest BCUT2D eigenvalue weighted by atomic mass is 10.3. The molecular formula is C10H12BrFN4. The van der Waals surface area contributed by atoms with Crippen LogP contribution in [0.2, 0.25) is 0 Å². The molecule has 1 aliphatic carbocycles. The van der Waals surface area contributed by atoms with Crippen LogP contribution in [0, 0.1) is 5.82 Å². The predicted molar refractivity (Wildman–Crippen MR) is 65.5 cm³/mol. The Balaban J connectivity index is 2.12. The van der Waals surface area contributed by atoms with Gasteiger partial charge in [-0.3, -0.25) is 5.43 Å². The molecule has 0 radical (unpaired) electrons. The summed E-state index contributed by atoms with van der Waals surface area (Å²) in [4.78, 5) is 4.32. The van der Waals surface area contributed by atoms with E-state index in [9.17, 15) is 4.39 Å². The molecule has 16 heavy (non-hydrogen) atoms. The fourth-order valence-electron chi connectivity index (χ4n) is 1.21. The number of halogens is 2. The number of nitrogens with two attached hydrogens (primary N) is 1. The Bertz CT molecular complexity index is 417. The molecule has 0 heterocycles. The minimum Gasteiger partial charge on any atom is -0.324 e. The molecule has 1 aliphatic rings. The number of hydrogen-bond donors (Lipinski definition) is 3. The molecule has 1 saturated carbocycles. The topological polar surface area (TPSA) is 62.4 Å². The lowest BCUT2D eigenvalue weighted by molar-refractivity contribution is 0.627. The number of hydrogen-bond acceptors (Lipinski definition) is 2. The first kappa shape index (κ1) is 11.3. The van der Waals surface area contributed by atoms with Crippen LogP contribution in [0.3, 0.4) is 0 Å². The van der Waals surface area contributed by atoms with Crippen molar-refractivity contribution in [3.63, 3.8) is 0 Å². The van der Waals surface area contributed by atoms with Crippen molar-refractivity contribution >= 4 is 27.6 Å². The van der Waals surface area contributed by atoms with Crippen LogP contribution in [-0.4, -0.2) is 12.0 Å². The number of benzene rings is 1. The Hall–Kier alpha value is -1.14. The third-order valence-electron chi connectivity index (χ3n) is 2.18. The highest BCUT2D eigenvalue weighted by molar-refractivity contribution is 9.10. The number of rotatable bonds is 2. The molecule has 0 spiro atoms. The van der Waals surface area contributed by atoms with Crippen molar-refractivity contribution in [3.8, 4) is 0 Å². The van der Waals surface area contributed by atoms with Crippen LogP contribution in [-0.2, 0) is 0 Å². The quantitative estimate of drug-likeness (QED) is 0.337. The summed E-state index contributed by atoms with van der Waals surface area (Å²) < 4.78 is 13.5. The van der Waals surface area contributed by atoms with Gasteiger partial charge in [0.25, 0.3) is 0 Å². The first-order valence-electron chi connectivity index (χ1n) is 4.95. The molecular weight excluding hydrogens is 275 g/mol. The van der Waals surface area contributed by atoms with Gasteiger partial charge >= 0.3 is 0 Å². The zero-order valence-corrected chi connectivity index (χ0v) is 10.1. The fourth-order valence-corrected chi connectivity index (χ4v) is 1.66. The van der Waals surface area contributed by atoms with Gasteiger partial charge in [-0.15, -0.1) is 0 Å². The molecule has 4 nitrogen and oxygen atoms in total. The summed E-state index contributed by atoms with van der Waals surface area (Å²) in [6, 6.07) is 4.74. The lowest BCUT2D eigenvalue weighted by Crippen LogP contribution is -2.36. The Morgan fingerprint density at radius 3 is 2.81 bits per heavy atom. The van der Waals surface area contributed by atoms with Crippen LogP contribution >= 0.6 is 15.9 Å². The van der Waals surface area contributed by atoms with Gasteiger partial charge in [0.1, 0.15) is 5.82 Å². The van der Waals surface area contributed by atoms with Crippen LogP contribution in [0.5, 0.6) is 0 Å². The summed E-state index contributed by atoms with van der Waals surface area (Å²) in [7, 11) is 0. The molecule has 1 fully saturated rings. The minimum atomic E-state index is -0.293. The van der Waals surface area contributed by atoms with Crippen molar-refractivity contribution in [1.29, 1.82) is 0 Å². The summed E-state index contributed by atoms with van der Waals surface area (Å²) >= 11 is 3.26. The van der Waals surface area contributed by atoms with Gasteiger partial charge in [-0.2, -0.15) is 0 Å². The van der Waals surface area contributed by atoms with E-state index in [0.29, 0.717) is 16.5 Å². The van der Waals surface area contributed by atoms with E-state index in [-0.39, 0.29) is 5.82 Å². The minimum absolute atomic E-state index is 0.293. The average molecular weight is 287 g/mol. The second-order valence-corrected chi connectivity index (χ2v) is 4.46. The lowest BCUT2D eigenvalue weighted by Gasteiger charge is -2.10. The molecule has 6 heteroatoms. The third-order valence-corrected chi connectivity index (χ3v) is 2.84. The van der Waals surface area contributed by atoms with Gasteiger partial charge in [0.2, 0.25) is 5.96 Å². The van der Waals surface area contributed by atoms with E-state index in [0.717, 1.165) is 18.5 Å². The molecule has 1 aromatic carbocycles. The molecule has 0 aliphatic heterocycles. The first-order valence-corrected chi connectivity index (χ1v) is 5.75. The third kappa shape index (κ3) is 2.93. The van der Waals surface area contributed by atoms with Crippen LogP contribution in [0.25, 0.3) is 0 Å². The molecule has 0 unspecified atom stereocenters. The zero-order valence-electron chi connectivity index (χ0n) is 8.50. The molecule has 0 aromatic heterocycles. The molecule has 1 aromatic rings. The SMILES string of the molecule is NNC(=NC1CC1)Nc1ccc(F)cc1Br. The van der Waals surface area contributed by atoms with Gasteiger partial charge < -0.3 is 5.32 Å². The Morgan fingerprint density at radius 1 is 1.50 bits per heavy atom. The standard InChI is InChI=1S/C10H12BrFN4/c11-8-5-6(12)1-4-9(8)15-10(16-13)14-7-2-3-7/h1,4-5,7H,2-3,13H2,(H2,14,15,16). The van der Waals surface area contributed by atoms with Crippen LogP contribution < -0.4 is 16.6 Å². The molecule has 2 rings (SSSR count). The number of anilines is 1. The Kier molecular flexibility index (Phi) is 3.40. The first-order chi connectivity index (χ1) is 7.69. The maximum atomic E-state index is 12.9. The van der Waals surface area contributed by atoms with Gasteiger partial charge in [0, 0.05) is 4.47 Å². The molecule has 86 valence electrons. The van der Waals surface area contributed by atoms with Crippen molar-refractivity contribution in [2.75, 3.05) is 5.32 Å². The van der Waals surface area contributed by atoms with Crippen LogP contribution in [0.1, 0.15) is 12.8 Å². The van der Waals surface area contributed by atoms with Crippen LogP contribution in [0.4, 0.5) is 10.1 Å². The second kappa shape index (κ2) is 4.80. The van der Waals surface area contributed by atoms with Crippen molar-refractivity contribution in [3.05, 3.63) is 28.5 Å². The van der Waals surface area contributed by atoms with Crippen molar-refractivity contribution in [2.45, 2.75) is 18.9 Å². The summed E-state index contributed by atoms with van der Waals surface area (Å²) in [6.45, 7) is 0. The van der Waals surface area contributed by atoms with E-state index in [1.165, 1.54) is 12.1 Å². The monoisotopic (exact) mass is 286 g/mol. The summed E-state index contributed by atoms with van der Waals surface area (Å²) in [6.07, 6.45) is 2.19. The molecule has 0 saturated heterocycles. The van der Waals surface area contributed by atoms with Gasteiger partial charge in [-0.25, -0.2) is 15.2 Å². The van der Waals surface area contributed by atoms with Crippen molar-refractivity contribution in [1.82, 2.24) is 5.43 Å². The fraction of sp³-hybridized carbons (Fsp3) is 0.300. The van der Waals surface area contributed by atoms with Crippen LogP contribution in [0.15, 0.2) is 27.7 Å².